The first-order valence-corrected chi connectivity index (χ1v) is 8.37. The minimum absolute atomic E-state index is 0.307. The van der Waals surface area contributed by atoms with E-state index in [0.29, 0.717) is 31.6 Å². The highest BCUT2D eigenvalue weighted by molar-refractivity contribution is 7.87. The van der Waals surface area contributed by atoms with Gasteiger partial charge < -0.3 is 5.32 Å². The molecule has 18 heavy (non-hydrogen) atoms. The number of nitrogens with zero attached hydrogens (tertiary/aromatic N) is 1. The molecule has 0 amide bonds. The van der Waals surface area contributed by atoms with E-state index in [4.69, 9.17) is 0 Å². The Morgan fingerprint density at radius 1 is 1.44 bits per heavy atom. The molecule has 1 aliphatic heterocycles. The normalized spacial score (nSPS) is 21.1. The van der Waals surface area contributed by atoms with Crippen LogP contribution >= 0.6 is 0 Å². The summed E-state index contributed by atoms with van der Waals surface area (Å²) in [7, 11) is -3.32. The Bertz CT molecular complexity index is 324. The summed E-state index contributed by atoms with van der Waals surface area (Å²) in [5.41, 5.74) is 0. The Hall–Kier alpha value is -0.170. The van der Waals surface area contributed by atoms with E-state index in [1.54, 1.807) is 4.31 Å². The van der Waals surface area contributed by atoms with Crippen LogP contribution in [-0.4, -0.2) is 44.9 Å². The first kappa shape index (κ1) is 15.9. The second-order valence-corrected chi connectivity index (χ2v) is 7.16. The largest absolute Gasteiger partial charge is 0.313 e. The molecule has 1 fully saturated rings. The maximum absolute atomic E-state index is 12.2. The predicted molar refractivity (Wildman–Crippen MR) is 74.6 cm³/mol. The molecule has 0 radical (unpaired) electrons. The summed E-state index contributed by atoms with van der Waals surface area (Å²) < 4.78 is 28.7. The van der Waals surface area contributed by atoms with Crippen LogP contribution in [0.3, 0.4) is 0 Å². The molecule has 2 N–H and O–H groups in total. The summed E-state index contributed by atoms with van der Waals surface area (Å²) >= 11 is 0. The molecule has 0 aliphatic carbocycles. The van der Waals surface area contributed by atoms with Gasteiger partial charge in [0, 0.05) is 25.7 Å². The van der Waals surface area contributed by atoms with Crippen LogP contribution in [0.5, 0.6) is 0 Å². The quantitative estimate of drug-likeness (QED) is 0.694. The van der Waals surface area contributed by atoms with Gasteiger partial charge in [0.1, 0.15) is 0 Å². The highest BCUT2D eigenvalue weighted by Crippen LogP contribution is 2.11. The number of nitrogens with one attached hydrogen (secondary N) is 2. The van der Waals surface area contributed by atoms with E-state index in [1.807, 2.05) is 20.8 Å². The van der Waals surface area contributed by atoms with Gasteiger partial charge in [-0.2, -0.15) is 12.7 Å². The van der Waals surface area contributed by atoms with Gasteiger partial charge in [0.2, 0.25) is 0 Å². The van der Waals surface area contributed by atoms with Crippen LogP contribution in [0.25, 0.3) is 0 Å². The molecule has 0 aromatic carbocycles. The molecule has 0 bridgehead atoms. The topological polar surface area (TPSA) is 61.4 Å². The standard InChI is InChI=1S/C12H27N3O2S/c1-4-7-14-18(16,17)15(9-11(2)3)10-12-6-5-8-13-12/h11-14H,4-10H2,1-3H3. The number of rotatable bonds is 8. The van der Waals surface area contributed by atoms with Gasteiger partial charge in [0.25, 0.3) is 10.2 Å². The number of hydrogen-bond acceptors (Lipinski definition) is 3. The zero-order valence-electron chi connectivity index (χ0n) is 11.8. The van der Waals surface area contributed by atoms with E-state index in [0.717, 1.165) is 25.8 Å². The third-order valence-corrected chi connectivity index (χ3v) is 4.58. The van der Waals surface area contributed by atoms with E-state index < -0.39 is 10.2 Å². The van der Waals surface area contributed by atoms with Crippen LogP contribution in [0.1, 0.15) is 40.0 Å². The zero-order valence-corrected chi connectivity index (χ0v) is 12.6. The minimum atomic E-state index is -3.32. The molecule has 1 unspecified atom stereocenters. The van der Waals surface area contributed by atoms with Crippen molar-refractivity contribution in [3.8, 4) is 0 Å². The second-order valence-electron chi connectivity index (χ2n) is 5.40. The Kier molecular flexibility index (Phi) is 6.55. The monoisotopic (exact) mass is 277 g/mol. The lowest BCUT2D eigenvalue weighted by Crippen LogP contribution is -2.47. The molecule has 0 spiro atoms. The lowest BCUT2D eigenvalue weighted by Gasteiger charge is -2.26. The van der Waals surface area contributed by atoms with E-state index in [2.05, 4.69) is 10.0 Å². The fourth-order valence-electron chi connectivity index (χ4n) is 2.16. The lowest BCUT2D eigenvalue weighted by atomic mass is 10.2. The summed E-state index contributed by atoms with van der Waals surface area (Å²) in [4.78, 5) is 0. The fourth-order valence-corrected chi connectivity index (χ4v) is 3.67. The SMILES string of the molecule is CCCNS(=O)(=O)N(CC(C)C)CC1CCCN1. The molecule has 0 saturated carbocycles. The first-order chi connectivity index (χ1) is 8.45. The summed E-state index contributed by atoms with van der Waals surface area (Å²) in [6.45, 7) is 8.73. The van der Waals surface area contributed by atoms with Crippen molar-refractivity contribution < 1.29 is 8.42 Å². The van der Waals surface area contributed by atoms with Crippen LogP contribution in [0.4, 0.5) is 0 Å². The molecule has 1 heterocycles. The van der Waals surface area contributed by atoms with Crippen molar-refractivity contribution in [2.75, 3.05) is 26.2 Å². The third kappa shape index (κ3) is 5.22. The van der Waals surface area contributed by atoms with Crippen molar-refractivity contribution >= 4 is 10.2 Å². The summed E-state index contributed by atoms with van der Waals surface area (Å²) in [5.74, 6) is 0.338. The Labute approximate surface area is 112 Å². The lowest BCUT2D eigenvalue weighted by molar-refractivity contribution is 0.332. The van der Waals surface area contributed by atoms with E-state index in [9.17, 15) is 8.42 Å². The minimum Gasteiger partial charge on any atom is -0.313 e. The van der Waals surface area contributed by atoms with Crippen LogP contribution in [0.15, 0.2) is 0 Å². The van der Waals surface area contributed by atoms with Crippen LogP contribution in [0, 0.1) is 5.92 Å². The smallest absolute Gasteiger partial charge is 0.279 e. The van der Waals surface area contributed by atoms with Crippen molar-refractivity contribution in [2.24, 2.45) is 5.92 Å². The van der Waals surface area contributed by atoms with Gasteiger partial charge in [0.15, 0.2) is 0 Å². The van der Waals surface area contributed by atoms with Crippen molar-refractivity contribution in [3.05, 3.63) is 0 Å². The Morgan fingerprint density at radius 3 is 2.67 bits per heavy atom. The van der Waals surface area contributed by atoms with Gasteiger partial charge in [0.05, 0.1) is 0 Å². The number of hydrogen-bond donors (Lipinski definition) is 2. The predicted octanol–water partition coefficient (Wildman–Crippen LogP) is 0.941. The van der Waals surface area contributed by atoms with E-state index in [1.165, 1.54) is 0 Å². The Balaban J connectivity index is 2.63. The van der Waals surface area contributed by atoms with Crippen molar-refractivity contribution in [3.63, 3.8) is 0 Å². The maximum Gasteiger partial charge on any atom is 0.279 e. The van der Waals surface area contributed by atoms with Crippen LogP contribution in [-0.2, 0) is 10.2 Å². The van der Waals surface area contributed by atoms with Crippen LogP contribution < -0.4 is 10.0 Å². The van der Waals surface area contributed by atoms with Gasteiger partial charge in [-0.25, -0.2) is 4.72 Å². The maximum atomic E-state index is 12.2. The molecular weight excluding hydrogens is 250 g/mol. The molecule has 5 nitrogen and oxygen atoms in total. The summed E-state index contributed by atoms with van der Waals surface area (Å²) in [6, 6.07) is 0.307. The average molecular weight is 277 g/mol. The average Bonchev–Trinajstić information content (AvgIpc) is 2.78. The molecule has 108 valence electrons. The molecule has 0 aromatic heterocycles. The highest BCUT2D eigenvalue weighted by atomic mass is 32.2. The van der Waals surface area contributed by atoms with Gasteiger partial charge in [-0.3, -0.25) is 0 Å². The second kappa shape index (κ2) is 7.43. The van der Waals surface area contributed by atoms with Gasteiger partial charge in [-0.05, 0) is 31.7 Å². The molecule has 6 heteroatoms. The van der Waals surface area contributed by atoms with E-state index in [-0.39, 0.29) is 0 Å². The summed E-state index contributed by atoms with van der Waals surface area (Å²) in [5, 5.41) is 3.35. The molecule has 1 atom stereocenters. The van der Waals surface area contributed by atoms with Crippen molar-refractivity contribution in [1.29, 1.82) is 0 Å². The van der Waals surface area contributed by atoms with Crippen LogP contribution in [0.2, 0.25) is 0 Å². The van der Waals surface area contributed by atoms with Crippen molar-refractivity contribution in [2.45, 2.75) is 46.1 Å². The van der Waals surface area contributed by atoms with Gasteiger partial charge in [-0.1, -0.05) is 20.8 Å². The Morgan fingerprint density at radius 2 is 2.17 bits per heavy atom. The van der Waals surface area contributed by atoms with Gasteiger partial charge in [-0.15, -0.1) is 0 Å². The molecule has 1 aliphatic rings. The molecular formula is C12H27N3O2S. The molecule has 0 aromatic rings. The third-order valence-electron chi connectivity index (χ3n) is 3.03. The molecule has 1 saturated heterocycles. The van der Waals surface area contributed by atoms with Gasteiger partial charge >= 0.3 is 0 Å². The van der Waals surface area contributed by atoms with Crippen molar-refractivity contribution in [1.82, 2.24) is 14.3 Å². The van der Waals surface area contributed by atoms with E-state index >= 15 is 0 Å². The zero-order chi connectivity index (χ0) is 13.6. The summed E-state index contributed by atoms with van der Waals surface area (Å²) in [6.07, 6.45) is 3.02. The molecule has 1 rings (SSSR count). The first-order valence-electron chi connectivity index (χ1n) is 6.93. The highest BCUT2D eigenvalue weighted by Gasteiger charge is 2.26. The fraction of sp³-hybridized carbons (Fsp3) is 1.00.